The summed E-state index contributed by atoms with van der Waals surface area (Å²) in [5, 5.41) is -2.88. The van der Waals surface area contributed by atoms with Gasteiger partial charge in [-0.05, 0) is 24.3 Å². The number of halogens is 3. The van der Waals surface area contributed by atoms with Crippen LogP contribution in [0.2, 0.25) is 0 Å². The van der Waals surface area contributed by atoms with Crippen LogP contribution in [-0.2, 0) is 0 Å². The molecule has 0 aliphatic rings. The van der Waals surface area contributed by atoms with E-state index in [0.717, 1.165) is 4.47 Å². The molecule has 13 heavy (non-hydrogen) atoms. The Morgan fingerprint density at radius 2 is 1.85 bits per heavy atom. The summed E-state index contributed by atoms with van der Waals surface area (Å²) in [6.45, 7) is -0.645. The lowest BCUT2D eigenvalue weighted by Crippen LogP contribution is -2.23. The van der Waals surface area contributed by atoms with Crippen molar-refractivity contribution in [2.24, 2.45) is 5.73 Å². The second kappa shape index (κ2) is 4.39. The second-order valence-electron chi connectivity index (χ2n) is 2.40. The largest absolute Gasteiger partial charge is 0.324 e. The smallest absolute Gasteiger partial charge is 0.310 e. The number of thioether (sulfide) groups is 1. The highest BCUT2D eigenvalue weighted by molar-refractivity contribution is 9.10. The summed E-state index contributed by atoms with van der Waals surface area (Å²) in [6.07, 6.45) is 0. The fourth-order valence-electron chi connectivity index (χ4n) is 0.717. The maximum absolute atomic E-state index is 12.8. The van der Waals surface area contributed by atoms with Crippen molar-refractivity contribution in [3.05, 3.63) is 28.7 Å². The van der Waals surface area contributed by atoms with Gasteiger partial charge < -0.3 is 5.73 Å². The molecule has 0 saturated heterocycles. The molecule has 1 aromatic carbocycles. The average molecular weight is 268 g/mol. The normalized spacial score (nSPS) is 11.7. The Hall–Kier alpha value is -0.130. The van der Waals surface area contributed by atoms with Gasteiger partial charge in [-0.25, -0.2) is 0 Å². The third-order valence-electron chi connectivity index (χ3n) is 1.32. The van der Waals surface area contributed by atoms with Gasteiger partial charge in [-0.2, -0.15) is 8.78 Å². The van der Waals surface area contributed by atoms with Crippen molar-refractivity contribution >= 4 is 27.7 Å². The van der Waals surface area contributed by atoms with Gasteiger partial charge in [-0.15, -0.1) is 0 Å². The molecule has 0 aliphatic heterocycles. The van der Waals surface area contributed by atoms with E-state index in [9.17, 15) is 8.78 Å². The quantitative estimate of drug-likeness (QED) is 0.852. The van der Waals surface area contributed by atoms with E-state index in [1.54, 1.807) is 24.3 Å². The molecular weight excluding hydrogens is 260 g/mol. The van der Waals surface area contributed by atoms with Gasteiger partial charge in [-0.3, -0.25) is 0 Å². The Balaban J connectivity index is 2.69. The van der Waals surface area contributed by atoms with Crippen LogP contribution in [0, 0.1) is 0 Å². The minimum atomic E-state index is -2.88. The van der Waals surface area contributed by atoms with Crippen LogP contribution >= 0.6 is 27.7 Å². The zero-order valence-electron chi connectivity index (χ0n) is 6.64. The summed E-state index contributed by atoms with van der Waals surface area (Å²) in [7, 11) is 0. The maximum Gasteiger partial charge on any atom is 0.310 e. The lowest BCUT2D eigenvalue weighted by atomic mass is 10.4. The van der Waals surface area contributed by atoms with E-state index in [0.29, 0.717) is 16.7 Å². The summed E-state index contributed by atoms with van der Waals surface area (Å²) in [6, 6.07) is 6.68. The van der Waals surface area contributed by atoms with E-state index in [4.69, 9.17) is 5.73 Å². The predicted octanol–water partition coefficient (Wildman–Crippen LogP) is 3.09. The first-order valence-corrected chi connectivity index (χ1v) is 5.17. The zero-order valence-corrected chi connectivity index (χ0v) is 9.04. The van der Waals surface area contributed by atoms with Gasteiger partial charge in [0, 0.05) is 9.37 Å². The summed E-state index contributed by atoms with van der Waals surface area (Å²) in [5.41, 5.74) is 4.90. The van der Waals surface area contributed by atoms with Gasteiger partial charge in [0.05, 0.1) is 6.54 Å². The summed E-state index contributed by atoms with van der Waals surface area (Å²) in [4.78, 5) is 0.513. The minimum absolute atomic E-state index is 0.475. The molecular formula is C8H8BrF2NS. The van der Waals surface area contributed by atoms with Gasteiger partial charge in [0.25, 0.3) is 0 Å². The van der Waals surface area contributed by atoms with E-state index in [1.807, 2.05) is 0 Å². The van der Waals surface area contributed by atoms with Crippen LogP contribution < -0.4 is 5.73 Å². The van der Waals surface area contributed by atoms with Gasteiger partial charge in [0.2, 0.25) is 0 Å². The molecule has 0 unspecified atom stereocenters. The fourth-order valence-corrected chi connectivity index (χ4v) is 1.68. The lowest BCUT2D eigenvalue weighted by molar-refractivity contribution is 0.116. The van der Waals surface area contributed by atoms with Crippen molar-refractivity contribution in [2.75, 3.05) is 6.54 Å². The van der Waals surface area contributed by atoms with E-state index in [1.165, 1.54) is 0 Å². The summed E-state index contributed by atoms with van der Waals surface area (Å²) < 4.78 is 26.4. The first-order chi connectivity index (χ1) is 6.03. The first kappa shape index (κ1) is 10.9. The molecule has 2 N–H and O–H groups in total. The van der Waals surface area contributed by atoms with Gasteiger partial charge >= 0.3 is 5.25 Å². The molecule has 0 fully saturated rings. The van der Waals surface area contributed by atoms with Gasteiger partial charge in [-0.1, -0.05) is 27.7 Å². The fraction of sp³-hybridized carbons (Fsp3) is 0.250. The zero-order chi connectivity index (χ0) is 9.90. The summed E-state index contributed by atoms with van der Waals surface area (Å²) >= 11 is 3.70. The topological polar surface area (TPSA) is 26.0 Å². The predicted molar refractivity (Wildman–Crippen MR) is 54.0 cm³/mol. The molecule has 0 spiro atoms. The molecule has 0 saturated carbocycles. The van der Waals surface area contributed by atoms with Crippen LogP contribution in [0.15, 0.2) is 33.6 Å². The molecule has 0 amide bonds. The lowest BCUT2D eigenvalue weighted by Gasteiger charge is -2.12. The Labute approximate surface area is 87.8 Å². The Morgan fingerprint density at radius 1 is 1.31 bits per heavy atom. The molecule has 1 nitrogen and oxygen atoms in total. The SMILES string of the molecule is NCC(F)(F)Sc1ccc(Br)cc1. The standard InChI is InChI=1S/C8H8BrF2NS/c9-6-1-3-7(4-2-6)13-8(10,11)5-12/h1-4H,5,12H2. The maximum atomic E-state index is 12.8. The van der Waals surface area contributed by atoms with E-state index in [2.05, 4.69) is 15.9 Å². The van der Waals surface area contributed by atoms with Crippen molar-refractivity contribution < 1.29 is 8.78 Å². The third-order valence-corrected chi connectivity index (χ3v) is 2.82. The number of hydrogen-bond acceptors (Lipinski definition) is 2. The number of nitrogens with two attached hydrogens (primary N) is 1. The molecule has 1 aromatic rings. The van der Waals surface area contributed by atoms with E-state index < -0.39 is 11.8 Å². The Kier molecular flexibility index (Phi) is 3.70. The molecule has 5 heteroatoms. The summed E-state index contributed by atoms with van der Waals surface area (Å²) in [5.74, 6) is 0. The van der Waals surface area contributed by atoms with Gasteiger partial charge in [0.15, 0.2) is 0 Å². The van der Waals surface area contributed by atoms with Crippen LogP contribution in [-0.4, -0.2) is 11.8 Å². The van der Waals surface area contributed by atoms with Crippen molar-refractivity contribution in [3.8, 4) is 0 Å². The first-order valence-electron chi connectivity index (χ1n) is 3.56. The van der Waals surface area contributed by atoms with Crippen LogP contribution in [0.5, 0.6) is 0 Å². The highest BCUT2D eigenvalue weighted by atomic mass is 79.9. The van der Waals surface area contributed by atoms with Crippen molar-refractivity contribution in [2.45, 2.75) is 10.2 Å². The van der Waals surface area contributed by atoms with E-state index >= 15 is 0 Å². The Bertz CT molecular complexity index is 276. The van der Waals surface area contributed by atoms with Crippen molar-refractivity contribution in [3.63, 3.8) is 0 Å². The number of benzene rings is 1. The van der Waals surface area contributed by atoms with Crippen LogP contribution in [0.25, 0.3) is 0 Å². The van der Waals surface area contributed by atoms with Crippen molar-refractivity contribution in [1.82, 2.24) is 0 Å². The molecule has 0 radical (unpaired) electrons. The molecule has 0 aliphatic carbocycles. The molecule has 0 bridgehead atoms. The van der Waals surface area contributed by atoms with Crippen LogP contribution in [0.3, 0.4) is 0 Å². The van der Waals surface area contributed by atoms with E-state index in [-0.39, 0.29) is 0 Å². The number of hydrogen-bond donors (Lipinski definition) is 1. The third kappa shape index (κ3) is 3.62. The minimum Gasteiger partial charge on any atom is -0.324 e. The second-order valence-corrected chi connectivity index (χ2v) is 4.59. The molecule has 1 rings (SSSR count). The molecule has 72 valence electrons. The highest BCUT2D eigenvalue weighted by Crippen LogP contribution is 2.35. The molecule has 0 aromatic heterocycles. The van der Waals surface area contributed by atoms with Crippen molar-refractivity contribution in [1.29, 1.82) is 0 Å². The molecule has 0 heterocycles. The number of alkyl halides is 2. The van der Waals surface area contributed by atoms with Gasteiger partial charge in [0.1, 0.15) is 0 Å². The van der Waals surface area contributed by atoms with Crippen LogP contribution in [0.1, 0.15) is 0 Å². The van der Waals surface area contributed by atoms with Crippen LogP contribution in [0.4, 0.5) is 8.78 Å². The molecule has 0 atom stereocenters. The number of rotatable bonds is 3. The monoisotopic (exact) mass is 267 g/mol. The highest BCUT2D eigenvalue weighted by Gasteiger charge is 2.27. The average Bonchev–Trinajstić information content (AvgIpc) is 2.09. The Morgan fingerprint density at radius 3 is 2.31 bits per heavy atom.